The largest absolute Gasteiger partial charge is 0.218 e. The van der Waals surface area contributed by atoms with Gasteiger partial charge in [0.2, 0.25) is 10.0 Å². The molecule has 3 nitrogen and oxygen atoms in total. The van der Waals surface area contributed by atoms with Crippen LogP contribution in [0.2, 0.25) is 5.02 Å². The number of hydrogen-bond acceptors (Lipinski definition) is 3. The zero-order valence-electron chi connectivity index (χ0n) is 12.1. The van der Waals surface area contributed by atoms with Crippen molar-refractivity contribution in [1.29, 1.82) is 0 Å². The lowest BCUT2D eigenvalue weighted by molar-refractivity contribution is 0.407. The number of thiophene rings is 1. The highest BCUT2D eigenvalue weighted by atomic mass is 35.5. The molecule has 0 saturated heterocycles. The Morgan fingerprint density at radius 3 is 2.68 bits per heavy atom. The molecule has 1 aromatic carbocycles. The van der Waals surface area contributed by atoms with Gasteiger partial charge in [0.15, 0.2) is 0 Å². The second kappa shape index (κ2) is 6.71. The predicted molar refractivity (Wildman–Crippen MR) is 91.8 cm³/mol. The Balaban J connectivity index is 1.72. The molecule has 3 rings (SSSR count). The monoisotopic (exact) mass is 355 g/mol. The van der Waals surface area contributed by atoms with Crippen molar-refractivity contribution in [3.05, 3.63) is 57.2 Å². The highest BCUT2D eigenvalue weighted by molar-refractivity contribution is 7.88. The Bertz CT molecular complexity index is 724. The maximum absolute atomic E-state index is 12.7. The van der Waals surface area contributed by atoms with E-state index in [-0.39, 0.29) is 11.8 Å². The van der Waals surface area contributed by atoms with Crippen molar-refractivity contribution in [2.45, 2.75) is 31.1 Å². The van der Waals surface area contributed by atoms with E-state index in [1.807, 2.05) is 17.5 Å². The van der Waals surface area contributed by atoms with Crippen LogP contribution in [0.3, 0.4) is 0 Å². The van der Waals surface area contributed by atoms with E-state index < -0.39 is 10.0 Å². The minimum atomic E-state index is -3.30. The van der Waals surface area contributed by atoms with Crippen molar-refractivity contribution in [2.24, 2.45) is 0 Å². The SMILES string of the molecule is O=S(=O)(Cc1cccc(Cl)c1)N(CCc1cccs1)C1CC1. The molecule has 1 heterocycles. The number of rotatable bonds is 7. The summed E-state index contributed by atoms with van der Waals surface area (Å²) in [5.41, 5.74) is 0.745. The second-order valence-electron chi connectivity index (χ2n) is 5.56. The topological polar surface area (TPSA) is 37.4 Å². The molecule has 0 radical (unpaired) electrons. The molecule has 0 amide bonds. The van der Waals surface area contributed by atoms with Crippen LogP contribution in [0.1, 0.15) is 23.3 Å². The third-order valence-corrected chi connectivity index (χ3v) is 6.77. The van der Waals surface area contributed by atoms with Gasteiger partial charge in [0.1, 0.15) is 0 Å². The first-order chi connectivity index (χ1) is 10.5. The molecule has 118 valence electrons. The summed E-state index contributed by atoms with van der Waals surface area (Å²) in [5, 5.41) is 2.60. The predicted octanol–water partition coefficient (Wildman–Crippen LogP) is 3.94. The van der Waals surface area contributed by atoms with Crippen molar-refractivity contribution in [1.82, 2.24) is 4.31 Å². The summed E-state index contributed by atoms with van der Waals surface area (Å²) in [6.45, 7) is 0.564. The van der Waals surface area contributed by atoms with Crippen LogP contribution in [0.4, 0.5) is 0 Å². The lowest BCUT2D eigenvalue weighted by Crippen LogP contribution is -2.35. The molecule has 1 saturated carbocycles. The zero-order valence-corrected chi connectivity index (χ0v) is 14.5. The summed E-state index contributed by atoms with van der Waals surface area (Å²) in [4.78, 5) is 1.23. The van der Waals surface area contributed by atoms with Crippen LogP contribution >= 0.6 is 22.9 Å². The van der Waals surface area contributed by atoms with Gasteiger partial charge in [0.05, 0.1) is 5.75 Å². The highest BCUT2D eigenvalue weighted by Gasteiger charge is 2.36. The van der Waals surface area contributed by atoms with E-state index in [9.17, 15) is 8.42 Å². The number of sulfonamides is 1. The van der Waals surface area contributed by atoms with Crippen LogP contribution in [0.15, 0.2) is 41.8 Å². The average molecular weight is 356 g/mol. The average Bonchev–Trinajstić information content (AvgIpc) is 3.13. The van der Waals surface area contributed by atoms with E-state index in [4.69, 9.17) is 11.6 Å². The lowest BCUT2D eigenvalue weighted by atomic mass is 10.2. The van der Waals surface area contributed by atoms with Gasteiger partial charge in [-0.3, -0.25) is 0 Å². The second-order valence-corrected chi connectivity index (χ2v) is 8.95. The normalized spacial score (nSPS) is 15.4. The third kappa shape index (κ3) is 4.10. The Hall–Kier alpha value is -0.880. The van der Waals surface area contributed by atoms with Crippen molar-refractivity contribution >= 4 is 33.0 Å². The summed E-state index contributed by atoms with van der Waals surface area (Å²) >= 11 is 7.62. The van der Waals surface area contributed by atoms with Crippen molar-refractivity contribution in [3.8, 4) is 0 Å². The fourth-order valence-electron chi connectivity index (χ4n) is 2.51. The Morgan fingerprint density at radius 2 is 2.05 bits per heavy atom. The van der Waals surface area contributed by atoms with Crippen molar-refractivity contribution in [3.63, 3.8) is 0 Å². The summed E-state index contributed by atoms with van der Waals surface area (Å²) < 4.78 is 27.2. The molecule has 0 unspecified atom stereocenters. The minimum Gasteiger partial charge on any atom is -0.212 e. The molecule has 0 atom stereocenters. The summed E-state index contributed by atoms with van der Waals surface area (Å²) in [5.74, 6) is 0.0223. The lowest BCUT2D eigenvalue weighted by Gasteiger charge is -2.21. The van der Waals surface area contributed by atoms with Gasteiger partial charge in [-0.2, -0.15) is 4.31 Å². The molecule has 1 aromatic heterocycles. The molecule has 1 fully saturated rings. The number of halogens is 1. The molecule has 1 aliphatic carbocycles. The third-order valence-electron chi connectivity index (χ3n) is 3.71. The summed E-state index contributed by atoms with van der Waals surface area (Å²) in [6, 6.07) is 11.3. The van der Waals surface area contributed by atoms with Gasteiger partial charge in [0.25, 0.3) is 0 Å². The maximum atomic E-state index is 12.7. The fraction of sp³-hybridized carbons (Fsp3) is 0.375. The van der Waals surface area contributed by atoms with Crippen LogP contribution < -0.4 is 0 Å². The van der Waals surface area contributed by atoms with Crippen LogP contribution in [0, 0.1) is 0 Å². The Morgan fingerprint density at radius 1 is 1.23 bits per heavy atom. The van der Waals surface area contributed by atoms with Gasteiger partial charge < -0.3 is 0 Å². The molecular weight excluding hydrogens is 338 g/mol. The van der Waals surface area contributed by atoms with E-state index in [1.54, 1.807) is 33.8 Å². The van der Waals surface area contributed by atoms with Crippen LogP contribution in [0.5, 0.6) is 0 Å². The first-order valence-electron chi connectivity index (χ1n) is 7.31. The van der Waals surface area contributed by atoms with Crippen LogP contribution in [0.25, 0.3) is 0 Å². The molecule has 0 aliphatic heterocycles. The van der Waals surface area contributed by atoms with Crippen molar-refractivity contribution < 1.29 is 8.42 Å². The zero-order chi connectivity index (χ0) is 15.6. The van der Waals surface area contributed by atoms with E-state index in [1.165, 1.54) is 4.88 Å². The van der Waals surface area contributed by atoms with Gasteiger partial charge >= 0.3 is 0 Å². The molecule has 0 spiro atoms. The van der Waals surface area contributed by atoms with Crippen molar-refractivity contribution in [2.75, 3.05) is 6.54 Å². The number of benzene rings is 1. The first-order valence-corrected chi connectivity index (χ1v) is 10.2. The smallest absolute Gasteiger partial charge is 0.212 e. The summed E-state index contributed by atoms with van der Waals surface area (Å²) in [6.07, 6.45) is 2.72. The molecule has 0 bridgehead atoms. The Labute approximate surface area is 140 Å². The molecule has 0 N–H and O–H groups in total. The van der Waals surface area contributed by atoms with Crippen LogP contribution in [-0.2, 0) is 22.2 Å². The van der Waals surface area contributed by atoms with E-state index in [0.29, 0.717) is 11.6 Å². The molecule has 2 aromatic rings. The highest BCUT2D eigenvalue weighted by Crippen LogP contribution is 2.31. The molecular formula is C16H18ClNO2S2. The van der Waals surface area contributed by atoms with E-state index in [0.717, 1.165) is 24.8 Å². The molecule has 1 aliphatic rings. The van der Waals surface area contributed by atoms with Gasteiger partial charge in [-0.15, -0.1) is 11.3 Å². The minimum absolute atomic E-state index is 0.0223. The standard InChI is InChI=1S/C16H18ClNO2S2/c17-14-4-1-3-13(11-14)12-22(19,20)18(15-6-7-15)9-8-16-5-2-10-21-16/h1-5,10-11,15H,6-9,12H2. The quantitative estimate of drug-likeness (QED) is 0.754. The summed E-state index contributed by atoms with van der Waals surface area (Å²) in [7, 11) is -3.30. The number of nitrogens with zero attached hydrogens (tertiary/aromatic N) is 1. The van der Waals surface area contributed by atoms with E-state index >= 15 is 0 Å². The van der Waals surface area contributed by atoms with Gasteiger partial charge in [-0.05, 0) is 48.4 Å². The van der Waals surface area contributed by atoms with Gasteiger partial charge in [-0.25, -0.2) is 8.42 Å². The molecule has 22 heavy (non-hydrogen) atoms. The fourth-order valence-corrected chi connectivity index (χ4v) is 5.22. The molecule has 6 heteroatoms. The van der Waals surface area contributed by atoms with E-state index in [2.05, 4.69) is 6.07 Å². The Kier molecular flexibility index (Phi) is 4.88. The maximum Gasteiger partial charge on any atom is 0.218 e. The number of hydrogen-bond donors (Lipinski definition) is 0. The first kappa shape index (κ1) is 16.0. The van der Waals surface area contributed by atoms with Crippen LogP contribution in [-0.4, -0.2) is 25.3 Å². The van der Waals surface area contributed by atoms with Gasteiger partial charge in [0, 0.05) is 22.5 Å². The van der Waals surface area contributed by atoms with Gasteiger partial charge in [-0.1, -0.05) is 29.8 Å².